The monoisotopic (exact) mass is 306 g/mol. The molecule has 1 aliphatic rings. The van der Waals surface area contributed by atoms with Gasteiger partial charge in [0, 0.05) is 6.54 Å². The van der Waals surface area contributed by atoms with E-state index in [1.54, 1.807) is 0 Å². The highest BCUT2D eigenvalue weighted by molar-refractivity contribution is 8.00. The summed E-state index contributed by atoms with van der Waals surface area (Å²) in [6, 6.07) is 6.59. The van der Waals surface area contributed by atoms with E-state index < -0.39 is 0 Å². The van der Waals surface area contributed by atoms with Crippen molar-refractivity contribution in [3.8, 4) is 0 Å². The molecule has 1 aromatic rings. The molecule has 1 saturated heterocycles. The Morgan fingerprint density at radius 1 is 1.29 bits per heavy atom. The molecule has 0 aromatic heterocycles. The van der Waals surface area contributed by atoms with E-state index in [1.165, 1.54) is 28.5 Å². The van der Waals surface area contributed by atoms with Crippen molar-refractivity contribution in [3.63, 3.8) is 0 Å². The Hall–Kier alpha value is -1.49. The summed E-state index contributed by atoms with van der Waals surface area (Å²) in [5, 5.41) is 0. The highest BCUT2D eigenvalue weighted by Crippen LogP contribution is 2.33. The summed E-state index contributed by atoms with van der Waals surface area (Å²) in [4.78, 5) is 25.0. The number of likely N-dealkylation sites (tertiary alicyclic amines) is 1. The van der Waals surface area contributed by atoms with Crippen LogP contribution < -0.4 is 5.73 Å². The molecule has 4 nitrogen and oxygen atoms in total. The van der Waals surface area contributed by atoms with Crippen LogP contribution in [0.25, 0.3) is 0 Å². The van der Waals surface area contributed by atoms with Crippen LogP contribution in [-0.4, -0.2) is 34.8 Å². The first-order chi connectivity index (χ1) is 9.99. The number of benzene rings is 1. The number of primary amides is 1. The zero-order chi connectivity index (χ0) is 15.4. The van der Waals surface area contributed by atoms with E-state index in [0.717, 1.165) is 19.4 Å². The number of carbonyl (C=O) groups is 2. The number of nitrogens with zero attached hydrogens (tertiary/aromatic N) is 1. The molecular weight excluding hydrogens is 284 g/mol. The first-order valence-corrected chi connectivity index (χ1v) is 8.37. The van der Waals surface area contributed by atoms with E-state index in [0.29, 0.717) is 5.75 Å². The topological polar surface area (TPSA) is 63.4 Å². The minimum absolute atomic E-state index is 0.0991. The van der Waals surface area contributed by atoms with E-state index in [2.05, 4.69) is 32.0 Å². The predicted molar refractivity (Wildman–Crippen MR) is 86.1 cm³/mol. The lowest BCUT2D eigenvalue weighted by Gasteiger charge is -2.25. The number of amides is 2. The molecule has 21 heavy (non-hydrogen) atoms. The smallest absolute Gasteiger partial charge is 0.233 e. The third-order valence-electron chi connectivity index (χ3n) is 3.96. The van der Waals surface area contributed by atoms with Crippen molar-refractivity contribution in [1.29, 1.82) is 0 Å². The third-order valence-corrected chi connectivity index (χ3v) is 4.90. The fourth-order valence-corrected chi connectivity index (χ4v) is 3.35. The SMILES string of the molecule is Cc1ccc(C2CCCN2C(=O)CSCC(N)=O)cc1C. The number of hydrogen-bond acceptors (Lipinski definition) is 3. The fraction of sp³-hybridized carbons (Fsp3) is 0.500. The summed E-state index contributed by atoms with van der Waals surface area (Å²) in [7, 11) is 0. The molecule has 1 aliphatic heterocycles. The molecule has 1 heterocycles. The van der Waals surface area contributed by atoms with Crippen LogP contribution in [0.1, 0.15) is 35.6 Å². The second-order valence-electron chi connectivity index (χ2n) is 5.55. The Bertz CT molecular complexity index is 545. The van der Waals surface area contributed by atoms with E-state index in [-0.39, 0.29) is 23.6 Å². The van der Waals surface area contributed by atoms with Gasteiger partial charge in [0.05, 0.1) is 17.5 Å². The van der Waals surface area contributed by atoms with Crippen molar-refractivity contribution >= 4 is 23.6 Å². The van der Waals surface area contributed by atoms with E-state index in [1.807, 2.05) is 4.90 Å². The number of carbonyl (C=O) groups excluding carboxylic acids is 2. The van der Waals surface area contributed by atoms with Crippen molar-refractivity contribution in [2.75, 3.05) is 18.1 Å². The molecule has 2 rings (SSSR count). The van der Waals surface area contributed by atoms with Crippen molar-refractivity contribution in [3.05, 3.63) is 34.9 Å². The van der Waals surface area contributed by atoms with Gasteiger partial charge in [-0.15, -0.1) is 11.8 Å². The summed E-state index contributed by atoms with van der Waals surface area (Å²) in [5.74, 6) is 0.250. The Kier molecular flexibility index (Phi) is 5.28. The number of rotatable bonds is 5. The van der Waals surface area contributed by atoms with Crippen molar-refractivity contribution in [2.24, 2.45) is 5.73 Å². The first kappa shape index (κ1) is 15.9. The van der Waals surface area contributed by atoms with Gasteiger partial charge in [-0.05, 0) is 43.4 Å². The number of hydrogen-bond donors (Lipinski definition) is 1. The minimum Gasteiger partial charge on any atom is -0.369 e. The summed E-state index contributed by atoms with van der Waals surface area (Å²) in [6.07, 6.45) is 2.04. The second-order valence-corrected chi connectivity index (χ2v) is 6.53. The minimum atomic E-state index is -0.375. The number of thioether (sulfide) groups is 1. The van der Waals surface area contributed by atoms with Crippen LogP contribution in [0.4, 0.5) is 0 Å². The lowest BCUT2D eigenvalue weighted by atomic mass is 9.99. The highest BCUT2D eigenvalue weighted by Gasteiger charge is 2.29. The Morgan fingerprint density at radius 2 is 2.05 bits per heavy atom. The predicted octanol–water partition coefficient (Wildman–Crippen LogP) is 2.19. The zero-order valence-electron chi connectivity index (χ0n) is 12.6. The molecule has 0 bridgehead atoms. The molecule has 1 fully saturated rings. The van der Waals surface area contributed by atoms with E-state index in [9.17, 15) is 9.59 Å². The summed E-state index contributed by atoms with van der Waals surface area (Å²) in [6.45, 7) is 4.99. The molecule has 1 atom stereocenters. The van der Waals surface area contributed by atoms with Gasteiger partial charge in [-0.2, -0.15) is 0 Å². The van der Waals surface area contributed by atoms with Crippen LogP contribution in [0, 0.1) is 13.8 Å². The maximum atomic E-state index is 12.3. The first-order valence-electron chi connectivity index (χ1n) is 7.21. The Morgan fingerprint density at radius 3 is 2.71 bits per heavy atom. The van der Waals surface area contributed by atoms with E-state index >= 15 is 0 Å². The van der Waals surface area contributed by atoms with Gasteiger partial charge in [0.1, 0.15) is 0 Å². The van der Waals surface area contributed by atoms with Crippen LogP contribution in [0.3, 0.4) is 0 Å². The summed E-state index contributed by atoms with van der Waals surface area (Å²) in [5.41, 5.74) is 8.84. The zero-order valence-corrected chi connectivity index (χ0v) is 13.4. The molecule has 2 amide bonds. The van der Waals surface area contributed by atoms with Crippen molar-refractivity contribution in [2.45, 2.75) is 32.7 Å². The molecule has 0 radical (unpaired) electrons. The highest BCUT2D eigenvalue weighted by atomic mass is 32.2. The van der Waals surface area contributed by atoms with Crippen molar-refractivity contribution in [1.82, 2.24) is 4.90 Å². The van der Waals surface area contributed by atoms with Crippen LogP contribution in [-0.2, 0) is 9.59 Å². The van der Waals surface area contributed by atoms with Crippen LogP contribution in [0.15, 0.2) is 18.2 Å². The molecular formula is C16H22N2O2S. The summed E-state index contributed by atoms with van der Waals surface area (Å²) < 4.78 is 0. The lowest BCUT2D eigenvalue weighted by molar-refractivity contribution is -0.129. The van der Waals surface area contributed by atoms with Crippen molar-refractivity contribution < 1.29 is 9.59 Å². The molecule has 0 spiro atoms. The number of aryl methyl sites for hydroxylation is 2. The second kappa shape index (κ2) is 6.98. The van der Waals surface area contributed by atoms with Gasteiger partial charge < -0.3 is 10.6 Å². The van der Waals surface area contributed by atoms with E-state index in [4.69, 9.17) is 5.73 Å². The quantitative estimate of drug-likeness (QED) is 0.907. The molecule has 0 aliphatic carbocycles. The van der Waals surface area contributed by atoms with Gasteiger partial charge in [0.25, 0.3) is 0 Å². The van der Waals surface area contributed by atoms with Gasteiger partial charge >= 0.3 is 0 Å². The molecule has 5 heteroatoms. The van der Waals surface area contributed by atoms with Gasteiger partial charge in [0.2, 0.25) is 11.8 Å². The van der Waals surface area contributed by atoms with Crippen LogP contribution >= 0.6 is 11.8 Å². The standard InChI is InChI=1S/C16H22N2O2S/c1-11-5-6-13(8-12(11)2)14-4-3-7-18(14)16(20)10-21-9-15(17)19/h5-6,8,14H,3-4,7,9-10H2,1-2H3,(H2,17,19). The normalized spacial score (nSPS) is 18.0. The maximum Gasteiger partial charge on any atom is 0.233 e. The maximum absolute atomic E-state index is 12.3. The van der Waals surface area contributed by atoms with Gasteiger partial charge in [-0.3, -0.25) is 9.59 Å². The molecule has 114 valence electrons. The van der Waals surface area contributed by atoms with Crippen LogP contribution in [0.2, 0.25) is 0 Å². The van der Waals surface area contributed by atoms with Gasteiger partial charge in [-0.1, -0.05) is 18.2 Å². The third kappa shape index (κ3) is 4.00. The van der Waals surface area contributed by atoms with Crippen LogP contribution in [0.5, 0.6) is 0 Å². The fourth-order valence-electron chi connectivity index (χ4n) is 2.71. The Labute approximate surface area is 130 Å². The molecule has 1 unspecified atom stereocenters. The summed E-state index contributed by atoms with van der Waals surface area (Å²) >= 11 is 1.29. The average molecular weight is 306 g/mol. The Balaban J connectivity index is 2.03. The molecule has 2 N–H and O–H groups in total. The van der Waals surface area contributed by atoms with Gasteiger partial charge in [-0.25, -0.2) is 0 Å². The average Bonchev–Trinajstić information content (AvgIpc) is 2.90. The molecule has 1 aromatic carbocycles. The number of nitrogens with two attached hydrogens (primary N) is 1. The van der Waals surface area contributed by atoms with Gasteiger partial charge in [0.15, 0.2) is 0 Å². The lowest BCUT2D eigenvalue weighted by Crippen LogP contribution is -2.32. The largest absolute Gasteiger partial charge is 0.369 e. The molecule has 0 saturated carbocycles.